The number of alkyl halides is 1. The van der Waals surface area contributed by atoms with Crippen LogP contribution < -0.4 is 0 Å². The molecule has 0 spiro atoms. The van der Waals surface area contributed by atoms with Crippen LogP contribution in [0.25, 0.3) is 0 Å². The van der Waals surface area contributed by atoms with Crippen molar-refractivity contribution in [2.45, 2.75) is 23.3 Å². The standard InChI is InChI=1S/C9H14INO3S/c1-5(4-15)8(12)11-3-6(10)2-7(11)9(13)14/h5-7,15H,2-4H2,1H3,(H,13,14)/t5?,6-,7-/m0/s1. The van der Waals surface area contributed by atoms with Gasteiger partial charge in [0.15, 0.2) is 0 Å². The van der Waals surface area contributed by atoms with Gasteiger partial charge in [-0.3, -0.25) is 4.79 Å². The summed E-state index contributed by atoms with van der Waals surface area (Å²) in [7, 11) is 0. The van der Waals surface area contributed by atoms with E-state index >= 15 is 0 Å². The van der Waals surface area contributed by atoms with Gasteiger partial charge in [0.2, 0.25) is 5.91 Å². The van der Waals surface area contributed by atoms with E-state index in [9.17, 15) is 9.59 Å². The third kappa shape index (κ3) is 2.99. The normalized spacial score (nSPS) is 27.8. The maximum Gasteiger partial charge on any atom is 0.326 e. The number of carboxylic acids is 1. The lowest BCUT2D eigenvalue weighted by Crippen LogP contribution is -2.43. The van der Waals surface area contributed by atoms with Crippen molar-refractivity contribution in [3.63, 3.8) is 0 Å². The minimum absolute atomic E-state index is 0.100. The second-order valence-electron chi connectivity index (χ2n) is 3.76. The van der Waals surface area contributed by atoms with Gasteiger partial charge in [-0.15, -0.1) is 0 Å². The summed E-state index contributed by atoms with van der Waals surface area (Å²) in [5.41, 5.74) is 0. The second kappa shape index (κ2) is 5.38. The predicted molar refractivity (Wildman–Crippen MR) is 68.6 cm³/mol. The summed E-state index contributed by atoms with van der Waals surface area (Å²) in [4.78, 5) is 24.3. The lowest BCUT2D eigenvalue weighted by molar-refractivity contribution is -0.149. The first-order valence-corrected chi connectivity index (χ1v) is 6.63. The monoisotopic (exact) mass is 343 g/mol. The number of carboxylic acid groups (broad SMARTS) is 1. The van der Waals surface area contributed by atoms with Gasteiger partial charge in [-0.25, -0.2) is 4.79 Å². The molecule has 1 unspecified atom stereocenters. The molecule has 15 heavy (non-hydrogen) atoms. The highest BCUT2D eigenvalue weighted by Crippen LogP contribution is 2.25. The zero-order valence-corrected chi connectivity index (χ0v) is 11.4. The van der Waals surface area contributed by atoms with E-state index in [0.717, 1.165) is 0 Å². The smallest absolute Gasteiger partial charge is 0.326 e. The number of likely N-dealkylation sites (tertiary alicyclic amines) is 1. The molecule has 0 saturated carbocycles. The van der Waals surface area contributed by atoms with E-state index in [-0.39, 0.29) is 15.7 Å². The molecule has 1 rings (SSSR count). The zero-order valence-electron chi connectivity index (χ0n) is 8.39. The molecule has 0 aromatic carbocycles. The zero-order chi connectivity index (χ0) is 11.6. The maximum absolute atomic E-state index is 11.8. The molecule has 1 saturated heterocycles. The Morgan fingerprint density at radius 2 is 2.27 bits per heavy atom. The van der Waals surface area contributed by atoms with Crippen molar-refractivity contribution >= 4 is 47.1 Å². The summed E-state index contributed by atoms with van der Waals surface area (Å²) >= 11 is 6.24. The molecule has 6 heteroatoms. The Balaban J connectivity index is 2.75. The van der Waals surface area contributed by atoms with E-state index in [1.54, 1.807) is 6.92 Å². The van der Waals surface area contributed by atoms with Gasteiger partial charge < -0.3 is 10.0 Å². The van der Waals surface area contributed by atoms with Gasteiger partial charge in [0.25, 0.3) is 0 Å². The Kier molecular flexibility index (Phi) is 4.69. The summed E-state index contributed by atoms with van der Waals surface area (Å²) in [6.45, 7) is 2.31. The predicted octanol–water partition coefficient (Wildman–Crippen LogP) is 1.04. The van der Waals surface area contributed by atoms with Crippen molar-refractivity contribution in [2.24, 2.45) is 5.92 Å². The van der Waals surface area contributed by atoms with Crippen LogP contribution in [0.1, 0.15) is 13.3 Å². The molecule has 0 aliphatic carbocycles. The molecule has 1 N–H and O–H groups in total. The molecular formula is C9H14INO3S. The van der Waals surface area contributed by atoms with Crippen LogP contribution in [0.3, 0.4) is 0 Å². The van der Waals surface area contributed by atoms with Crippen LogP contribution in [0.15, 0.2) is 0 Å². The van der Waals surface area contributed by atoms with Gasteiger partial charge in [-0.2, -0.15) is 12.6 Å². The highest BCUT2D eigenvalue weighted by atomic mass is 127. The van der Waals surface area contributed by atoms with Crippen LogP contribution in [0.5, 0.6) is 0 Å². The van der Waals surface area contributed by atoms with Gasteiger partial charge in [0.1, 0.15) is 6.04 Å². The Morgan fingerprint density at radius 1 is 1.67 bits per heavy atom. The fourth-order valence-corrected chi connectivity index (χ4v) is 2.69. The molecule has 1 aliphatic rings. The third-order valence-corrected chi connectivity index (χ3v) is 3.96. The van der Waals surface area contributed by atoms with Crippen molar-refractivity contribution < 1.29 is 14.7 Å². The molecule has 1 heterocycles. The van der Waals surface area contributed by atoms with Crippen LogP contribution in [0, 0.1) is 5.92 Å². The number of hydrogen-bond acceptors (Lipinski definition) is 3. The Hall–Kier alpha value is 0.0200. The molecule has 0 aromatic rings. The molecule has 1 fully saturated rings. The van der Waals surface area contributed by atoms with Gasteiger partial charge in [-0.1, -0.05) is 29.5 Å². The lowest BCUT2D eigenvalue weighted by atomic mass is 10.1. The molecular weight excluding hydrogens is 329 g/mol. The highest BCUT2D eigenvalue weighted by Gasteiger charge is 2.39. The van der Waals surface area contributed by atoms with Crippen LogP contribution in [0.4, 0.5) is 0 Å². The van der Waals surface area contributed by atoms with E-state index < -0.39 is 12.0 Å². The highest BCUT2D eigenvalue weighted by molar-refractivity contribution is 14.1. The number of aliphatic carboxylic acids is 1. The number of halogens is 1. The van der Waals surface area contributed by atoms with E-state index in [4.69, 9.17) is 5.11 Å². The lowest BCUT2D eigenvalue weighted by Gasteiger charge is -2.24. The van der Waals surface area contributed by atoms with Gasteiger partial charge in [0.05, 0.1) is 0 Å². The molecule has 0 radical (unpaired) electrons. The van der Waals surface area contributed by atoms with E-state index in [1.165, 1.54) is 4.90 Å². The van der Waals surface area contributed by atoms with Crippen LogP contribution >= 0.6 is 35.2 Å². The van der Waals surface area contributed by atoms with Crippen LogP contribution in [0.2, 0.25) is 0 Å². The van der Waals surface area contributed by atoms with Crippen molar-refractivity contribution in [1.29, 1.82) is 0 Å². The van der Waals surface area contributed by atoms with Gasteiger partial charge in [0, 0.05) is 22.1 Å². The first-order valence-electron chi connectivity index (χ1n) is 4.75. The minimum Gasteiger partial charge on any atom is -0.480 e. The number of hydrogen-bond donors (Lipinski definition) is 2. The summed E-state index contributed by atoms with van der Waals surface area (Å²) < 4.78 is 0.236. The number of rotatable bonds is 3. The fourth-order valence-electron chi connectivity index (χ4n) is 1.62. The first-order chi connectivity index (χ1) is 6.97. The average molecular weight is 343 g/mol. The molecule has 3 atom stereocenters. The third-order valence-electron chi connectivity index (χ3n) is 2.51. The average Bonchev–Trinajstić information content (AvgIpc) is 2.58. The van der Waals surface area contributed by atoms with Crippen molar-refractivity contribution in [3.8, 4) is 0 Å². The van der Waals surface area contributed by atoms with Crippen LogP contribution in [-0.2, 0) is 9.59 Å². The number of carbonyl (C=O) groups is 2. The Labute approximate surface area is 108 Å². The summed E-state index contributed by atoms with van der Waals surface area (Å²) in [5.74, 6) is -0.768. The van der Waals surface area contributed by atoms with Crippen LogP contribution in [-0.4, -0.2) is 44.1 Å². The number of nitrogens with zero attached hydrogens (tertiary/aromatic N) is 1. The number of amides is 1. The summed E-state index contributed by atoms with van der Waals surface area (Å²) in [5, 5.41) is 8.99. The molecule has 86 valence electrons. The van der Waals surface area contributed by atoms with E-state index in [1.807, 2.05) is 0 Å². The fraction of sp³-hybridized carbons (Fsp3) is 0.778. The van der Waals surface area contributed by atoms with Crippen molar-refractivity contribution in [2.75, 3.05) is 12.3 Å². The molecule has 1 aliphatic heterocycles. The largest absolute Gasteiger partial charge is 0.480 e. The summed E-state index contributed by atoms with van der Waals surface area (Å²) in [6.07, 6.45) is 0.543. The van der Waals surface area contributed by atoms with Crippen molar-refractivity contribution in [1.82, 2.24) is 4.90 Å². The second-order valence-corrected chi connectivity index (χ2v) is 5.89. The van der Waals surface area contributed by atoms with Gasteiger partial charge in [-0.05, 0) is 6.42 Å². The quantitative estimate of drug-likeness (QED) is 0.457. The number of carbonyl (C=O) groups excluding carboxylic acids is 1. The van der Waals surface area contributed by atoms with E-state index in [0.29, 0.717) is 18.7 Å². The molecule has 1 amide bonds. The topological polar surface area (TPSA) is 57.6 Å². The van der Waals surface area contributed by atoms with Gasteiger partial charge >= 0.3 is 5.97 Å². The molecule has 0 bridgehead atoms. The summed E-state index contributed by atoms with van der Waals surface area (Å²) in [6, 6.07) is -0.651. The SMILES string of the molecule is CC(CS)C(=O)N1C[C@@H](I)C[C@H]1C(=O)O. The maximum atomic E-state index is 11.8. The minimum atomic E-state index is -0.908. The first kappa shape index (κ1) is 13.1. The number of thiol groups is 1. The van der Waals surface area contributed by atoms with Crippen molar-refractivity contribution in [3.05, 3.63) is 0 Å². The Bertz CT molecular complexity index is 274. The molecule has 4 nitrogen and oxygen atoms in total. The van der Waals surface area contributed by atoms with E-state index in [2.05, 4.69) is 35.2 Å². The molecule has 0 aromatic heterocycles. The Morgan fingerprint density at radius 3 is 2.73 bits per heavy atom.